The number of thiazole rings is 1. The van der Waals surface area contributed by atoms with Crippen molar-refractivity contribution in [2.75, 3.05) is 19.1 Å². The minimum absolute atomic E-state index is 0.113. The van der Waals surface area contributed by atoms with E-state index in [2.05, 4.69) is 4.98 Å². The third kappa shape index (κ3) is 3.70. The van der Waals surface area contributed by atoms with Crippen LogP contribution in [-0.2, 0) is 9.59 Å². The Morgan fingerprint density at radius 1 is 1.03 bits per heavy atom. The van der Waals surface area contributed by atoms with Crippen LogP contribution in [0.5, 0.6) is 11.5 Å². The van der Waals surface area contributed by atoms with E-state index in [0.717, 1.165) is 11.3 Å². The summed E-state index contributed by atoms with van der Waals surface area (Å²) in [5.74, 6) is -1.80. The van der Waals surface area contributed by atoms with Crippen LogP contribution in [0.3, 0.4) is 0 Å². The summed E-state index contributed by atoms with van der Waals surface area (Å²) < 4.78 is 25.4. The molecule has 4 aromatic rings. The Kier molecular flexibility index (Phi) is 5.70. The van der Waals surface area contributed by atoms with Crippen LogP contribution in [0.1, 0.15) is 17.2 Å². The van der Waals surface area contributed by atoms with Crippen molar-refractivity contribution >= 4 is 44.1 Å². The van der Waals surface area contributed by atoms with Gasteiger partial charge in [0.1, 0.15) is 17.6 Å². The molecule has 1 aliphatic heterocycles. The first-order valence-electron chi connectivity index (χ1n) is 10.6. The molecule has 3 aromatic carbocycles. The Labute approximate surface area is 203 Å². The number of nitrogens with zero attached hydrogens (tertiary/aromatic N) is 2. The zero-order valence-electron chi connectivity index (χ0n) is 18.7. The first-order chi connectivity index (χ1) is 16.9. The number of halogens is 1. The van der Waals surface area contributed by atoms with E-state index >= 15 is 0 Å². The number of fused-ring (bicyclic) bond motifs is 1. The fourth-order valence-electron chi connectivity index (χ4n) is 4.19. The molecule has 176 valence electrons. The van der Waals surface area contributed by atoms with Gasteiger partial charge in [-0.1, -0.05) is 53.8 Å². The highest BCUT2D eigenvalue weighted by atomic mass is 32.1. The molecule has 1 N–H and O–H groups in total. The quantitative estimate of drug-likeness (QED) is 0.239. The minimum Gasteiger partial charge on any atom is -0.507 e. The molecule has 7 nitrogen and oxygen atoms in total. The average Bonchev–Trinajstić information content (AvgIpc) is 3.41. The first kappa shape index (κ1) is 22.5. The fourth-order valence-corrected chi connectivity index (χ4v) is 5.21. The van der Waals surface area contributed by atoms with Crippen LogP contribution in [0.4, 0.5) is 9.52 Å². The predicted octanol–water partition coefficient (Wildman–Crippen LogP) is 5.08. The summed E-state index contributed by atoms with van der Waals surface area (Å²) in [5, 5.41) is 11.4. The summed E-state index contributed by atoms with van der Waals surface area (Å²) >= 11 is 1.07. The monoisotopic (exact) mass is 490 g/mol. The van der Waals surface area contributed by atoms with Crippen LogP contribution in [-0.4, -0.2) is 36.0 Å². The van der Waals surface area contributed by atoms with Gasteiger partial charge in [0.2, 0.25) is 0 Å². The molecule has 1 amide bonds. The molecule has 9 heteroatoms. The lowest BCUT2D eigenvalue weighted by atomic mass is 9.94. The SMILES string of the molecule is COc1cccc([C@H]2/C(=C(\O)c3ccccc3)C(=O)C(=O)N2c2nc3ccc(F)cc3s2)c1OC. The van der Waals surface area contributed by atoms with Gasteiger partial charge in [0.25, 0.3) is 5.78 Å². The number of amides is 1. The number of methoxy groups -OCH3 is 2. The number of aliphatic hydroxyl groups excluding tert-OH is 1. The van der Waals surface area contributed by atoms with Gasteiger partial charge in [-0.3, -0.25) is 14.5 Å². The standard InChI is InChI=1S/C26H19FN2O5S/c1-33-18-10-6-9-16(24(18)34-2)21-20(22(30)14-7-4-3-5-8-14)23(31)25(32)29(21)26-28-17-12-11-15(27)13-19(17)35-26/h3-13,21,30H,1-2H3/b22-20+/t21-/m0/s1. The van der Waals surface area contributed by atoms with Crippen molar-refractivity contribution in [1.29, 1.82) is 0 Å². The fraction of sp³-hybridized carbons (Fsp3) is 0.115. The van der Waals surface area contributed by atoms with Crippen LogP contribution in [0, 0.1) is 5.82 Å². The molecule has 0 spiro atoms. The van der Waals surface area contributed by atoms with E-state index in [1.165, 1.54) is 37.3 Å². The normalized spacial score (nSPS) is 17.2. The largest absolute Gasteiger partial charge is 0.507 e. The van der Waals surface area contributed by atoms with Crippen LogP contribution < -0.4 is 14.4 Å². The van der Waals surface area contributed by atoms with Crippen molar-refractivity contribution in [3.63, 3.8) is 0 Å². The number of Topliss-reactive ketones (excluding diaryl/α,β-unsaturated/α-hetero) is 1. The maximum atomic E-state index is 13.8. The predicted molar refractivity (Wildman–Crippen MR) is 130 cm³/mol. The van der Waals surface area contributed by atoms with Crippen molar-refractivity contribution < 1.29 is 28.6 Å². The van der Waals surface area contributed by atoms with Gasteiger partial charge in [-0.15, -0.1) is 0 Å². The summed E-state index contributed by atoms with van der Waals surface area (Å²) in [6, 6.07) is 16.6. The van der Waals surface area contributed by atoms with Crippen LogP contribution in [0.15, 0.2) is 72.3 Å². The van der Waals surface area contributed by atoms with Crippen molar-refractivity contribution in [3.05, 3.63) is 89.2 Å². The van der Waals surface area contributed by atoms with E-state index in [1.807, 2.05) is 0 Å². The Hall–Kier alpha value is -4.24. The number of carbonyl (C=O) groups excluding carboxylic acids is 2. The van der Waals surface area contributed by atoms with E-state index in [4.69, 9.17) is 9.47 Å². The maximum Gasteiger partial charge on any atom is 0.301 e. The van der Waals surface area contributed by atoms with E-state index in [1.54, 1.807) is 48.5 Å². The number of aromatic nitrogens is 1. The van der Waals surface area contributed by atoms with Crippen LogP contribution >= 0.6 is 11.3 Å². The zero-order chi connectivity index (χ0) is 24.7. The molecule has 0 saturated carbocycles. The molecule has 1 aliphatic rings. The molecule has 0 aliphatic carbocycles. The molecule has 0 bridgehead atoms. The Balaban J connectivity index is 1.79. The number of aliphatic hydroxyl groups is 1. The number of ketones is 1. The molecule has 1 fully saturated rings. The van der Waals surface area contributed by atoms with Gasteiger partial charge < -0.3 is 14.6 Å². The Morgan fingerprint density at radius 2 is 1.80 bits per heavy atom. The molecular formula is C26H19FN2O5S. The van der Waals surface area contributed by atoms with Crippen LogP contribution in [0.25, 0.3) is 16.0 Å². The number of benzene rings is 3. The van der Waals surface area contributed by atoms with Crippen molar-refractivity contribution in [1.82, 2.24) is 4.98 Å². The first-order valence-corrected chi connectivity index (χ1v) is 11.4. The van der Waals surface area contributed by atoms with Crippen molar-refractivity contribution in [2.24, 2.45) is 0 Å². The molecule has 0 radical (unpaired) electrons. The number of anilines is 1. The maximum absolute atomic E-state index is 13.8. The van der Waals surface area contributed by atoms with Gasteiger partial charge in [-0.25, -0.2) is 9.37 Å². The van der Waals surface area contributed by atoms with Crippen molar-refractivity contribution in [3.8, 4) is 11.5 Å². The van der Waals surface area contributed by atoms with Gasteiger partial charge >= 0.3 is 5.91 Å². The number of para-hydroxylation sites is 1. The van der Waals surface area contributed by atoms with Gasteiger partial charge in [0, 0.05) is 11.1 Å². The molecule has 35 heavy (non-hydrogen) atoms. The highest BCUT2D eigenvalue weighted by Gasteiger charge is 2.49. The molecule has 5 rings (SSSR count). The summed E-state index contributed by atoms with van der Waals surface area (Å²) in [7, 11) is 2.93. The number of rotatable bonds is 5. The molecular weight excluding hydrogens is 471 g/mol. The number of carbonyl (C=O) groups is 2. The van der Waals surface area contributed by atoms with Gasteiger partial charge in [0.15, 0.2) is 16.6 Å². The van der Waals surface area contributed by atoms with E-state index < -0.39 is 23.5 Å². The van der Waals surface area contributed by atoms with E-state index in [0.29, 0.717) is 32.8 Å². The van der Waals surface area contributed by atoms with Gasteiger partial charge in [0.05, 0.1) is 30.0 Å². The minimum atomic E-state index is -1.06. The summed E-state index contributed by atoms with van der Waals surface area (Å²) in [4.78, 5) is 32.4. The Bertz CT molecular complexity index is 1500. The number of ether oxygens (including phenoxy) is 2. The van der Waals surface area contributed by atoms with Gasteiger partial charge in [-0.05, 0) is 24.3 Å². The highest BCUT2D eigenvalue weighted by molar-refractivity contribution is 7.22. The lowest BCUT2D eigenvalue weighted by Crippen LogP contribution is -2.29. The summed E-state index contributed by atoms with van der Waals surface area (Å²) in [6.45, 7) is 0. The second-order valence-corrected chi connectivity index (χ2v) is 8.74. The molecule has 1 saturated heterocycles. The highest BCUT2D eigenvalue weighted by Crippen LogP contribution is 2.48. The van der Waals surface area contributed by atoms with Crippen molar-refractivity contribution in [2.45, 2.75) is 6.04 Å². The second kappa shape index (κ2) is 8.84. The Morgan fingerprint density at radius 3 is 2.51 bits per heavy atom. The molecule has 1 atom stereocenters. The third-order valence-corrected chi connectivity index (χ3v) is 6.78. The summed E-state index contributed by atoms with van der Waals surface area (Å²) in [5.41, 5.74) is 1.17. The number of hydrogen-bond acceptors (Lipinski definition) is 7. The topological polar surface area (TPSA) is 89.0 Å². The average molecular weight is 491 g/mol. The molecule has 0 unspecified atom stereocenters. The van der Waals surface area contributed by atoms with Crippen LogP contribution in [0.2, 0.25) is 0 Å². The molecule has 2 heterocycles. The number of hydrogen-bond donors (Lipinski definition) is 1. The van der Waals surface area contributed by atoms with E-state index in [-0.39, 0.29) is 16.5 Å². The van der Waals surface area contributed by atoms with Gasteiger partial charge in [-0.2, -0.15) is 0 Å². The summed E-state index contributed by atoms with van der Waals surface area (Å²) in [6.07, 6.45) is 0. The second-order valence-electron chi connectivity index (χ2n) is 7.73. The lowest BCUT2D eigenvalue weighted by Gasteiger charge is -2.25. The third-order valence-electron chi connectivity index (χ3n) is 5.76. The lowest BCUT2D eigenvalue weighted by molar-refractivity contribution is -0.132. The smallest absolute Gasteiger partial charge is 0.301 e. The molecule has 1 aromatic heterocycles. The van der Waals surface area contributed by atoms with E-state index in [9.17, 15) is 19.1 Å². The zero-order valence-corrected chi connectivity index (χ0v) is 19.5.